The van der Waals surface area contributed by atoms with Gasteiger partial charge in [0.15, 0.2) is 0 Å². The summed E-state index contributed by atoms with van der Waals surface area (Å²) in [6.45, 7) is 10.9. The van der Waals surface area contributed by atoms with E-state index in [0.717, 1.165) is 25.2 Å². The highest BCUT2D eigenvalue weighted by atomic mass is 16.2. The Labute approximate surface area is 145 Å². The van der Waals surface area contributed by atoms with Gasteiger partial charge in [-0.25, -0.2) is 0 Å². The fourth-order valence-electron chi connectivity index (χ4n) is 3.23. The number of nitrogens with zero attached hydrogens (tertiary/aromatic N) is 2. The third kappa shape index (κ3) is 4.57. The van der Waals surface area contributed by atoms with E-state index in [2.05, 4.69) is 37.9 Å². The summed E-state index contributed by atoms with van der Waals surface area (Å²) >= 11 is 0. The van der Waals surface area contributed by atoms with Crippen LogP contribution in [0.5, 0.6) is 0 Å². The second-order valence-electron chi connectivity index (χ2n) is 6.88. The van der Waals surface area contributed by atoms with E-state index < -0.39 is 0 Å². The number of anilines is 1. The predicted octanol–water partition coefficient (Wildman–Crippen LogP) is 2.66. The maximum absolute atomic E-state index is 12.3. The van der Waals surface area contributed by atoms with E-state index in [1.54, 1.807) is 17.0 Å². The largest absolute Gasteiger partial charge is 0.351 e. The zero-order valence-electron chi connectivity index (χ0n) is 15.2. The molecule has 1 aromatic rings. The maximum Gasteiger partial charge on any atom is 0.251 e. The van der Waals surface area contributed by atoms with Crippen molar-refractivity contribution in [1.29, 1.82) is 0 Å². The lowest BCUT2D eigenvalue weighted by molar-refractivity contribution is -0.117. The molecule has 1 aliphatic rings. The first kappa shape index (κ1) is 18.5. The number of carbonyl (C=O) groups is 2. The topological polar surface area (TPSA) is 52.7 Å². The molecule has 0 aliphatic carbocycles. The fraction of sp³-hybridized carbons (Fsp3) is 0.579. The Morgan fingerprint density at radius 3 is 2.29 bits per heavy atom. The van der Waals surface area contributed by atoms with Crippen LogP contribution in [0.4, 0.5) is 5.69 Å². The van der Waals surface area contributed by atoms with Gasteiger partial charge in [-0.1, -0.05) is 0 Å². The molecular weight excluding hydrogens is 302 g/mol. The van der Waals surface area contributed by atoms with Gasteiger partial charge in [0.25, 0.3) is 5.91 Å². The molecule has 0 atom stereocenters. The van der Waals surface area contributed by atoms with Crippen molar-refractivity contribution in [3.05, 3.63) is 29.8 Å². The van der Waals surface area contributed by atoms with Crippen molar-refractivity contribution in [3.63, 3.8) is 0 Å². The minimum Gasteiger partial charge on any atom is -0.351 e. The van der Waals surface area contributed by atoms with Gasteiger partial charge in [-0.05, 0) is 58.4 Å². The lowest BCUT2D eigenvalue weighted by Crippen LogP contribution is -2.42. The van der Waals surface area contributed by atoms with Gasteiger partial charge in [0, 0.05) is 49.4 Å². The van der Waals surface area contributed by atoms with E-state index >= 15 is 0 Å². The Balaban J connectivity index is 1.87. The van der Waals surface area contributed by atoms with Gasteiger partial charge in [0.05, 0.1) is 0 Å². The number of hydrogen-bond donors (Lipinski definition) is 1. The zero-order chi connectivity index (χ0) is 17.7. The molecule has 0 bridgehead atoms. The summed E-state index contributed by atoms with van der Waals surface area (Å²) in [5.41, 5.74) is 1.51. The molecule has 0 spiro atoms. The molecule has 0 aromatic heterocycles. The van der Waals surface area contributed by atoms with Gasteiger partial charge in [0.1, 0.15) is 0 Å². The van der Waals surface area contributed by atoms with Crippen molar-refractivity contribution in [1.82, 2.24) is 10.2 Å². The summed E-state index contributed by atoms with van der Waals surface area (Å²) in [7, 11) is 0. The second kappa shape index (κ2) is 8.29. The average molecular weight is 331 g/mol. The summed E-state index contributed by atoms with van der Waals surface area (Å²) in [5, 5.41) is 2.98. The van der Waals surface area contributed by atoms with Crippen LogP contribution >= 0.6 is 0 Å². The van der Waals surface area contributed by atoms with Gasteiger partial charge in [-0.3, -0.25) is 14.5 Å². The molecule has 1 heterocycles. The Bertz CT molecular complexity index is 558. The molecule has 2 rings (SSSR count). The maximum atomic E-state index is 12.3. The molecule has 0 saturated carbocycles. The zero-order valence-corrected chi connectivity index (χ0v) is 15.2. The third-order valence-corrected chi connectivity index (χ3v) is 4.50. The third-order valence-electron chi connectivity index (χ3n) is 4.50. The minimum atomic E-state index is -0.0678. The van der Waals surface area contributed by atoms with Crippen LogP contribution in [0.15, 0.2) is 24.3 Å². The molecule has 0 radical (unpaired) electrons. The average Bonchev–Trinajstić information content (AvgIpc) is 2.96. The molecule has 132 valence electrons. The first-order valence-corrected chi connectivity index (χ1v) is 8.84. The van der Waals surface area contributed by atoms with Crippen molar-refractivity contribution >= 4 is 17.5 Å². The molecule has 1 aromatic carbocycles. The van der Waals surface area contributed by atoms with Crippen LogP contribution < -0.4 is 10.2 Å². The Kier molecular flexibility index (Phi) is 6.37. The van der Waals surface area contributed by atoms with Crippen LogP contribution in [0.3, 0.4) is 0 Å². The molecule has 5 nitrogen and oxygen atoms in total. The van der Waals surface area contributed by atoms with Gasteiger partial charge in [-0.15, -0.1) is 0 Å². The highest BCUT2D eigenvalue weighted by Crippen LogP contribution is 2.21. The molecule has 2 amide bonds. The lowest BCUT2D eigenvalue weighted by Gasteiger charge is -2.30. The number of carbonyl (C=O) groups excluding carboxylic acids is 2. The van der Waals surface area contributed by atoms with Gasteiger partial charge >= 0.3 is 0 Å². The number of benzene rings is 1. The van der Waals surface area contributed by atoms with E-state index in [-0.39, 0.29) is 11.8 Å². The van der Waals surface area contributed by atoms with Crippen molar-refractivity contribution in [2.24, 2.45) is 0 Å². The number of amides is 2. The normalized spacial score (nSPS) is 15.0. The van der Waals surface area contributed by atoms with E-state index in [0.29, 0.717) is 30.6 Å². The molecule has 1 fully saturated rings. The van der Waals surface area contributed by atoms with Crippen LogP contribution in [-0.4, -0.2) is 48.4 Å². The summed E-state index contributed by atoms with van der Waals surface area (Å²) in [5.74, 6) is 0.0939. The number of rotatable bonds is 7. The highest BCUT2D eigenvalue weighted by molar-refractivity contribution is 5.97. The van der Waals surface area contributed by atoms with Crippen LogP contribution in [0, 0.1) is 0 Å². The predicted molar refractivity (Wildman–Crippen MR) is 97.3 cm³/mol. The monoisotopic (exact) mass is 331 g/mol. The second-order valence-corrected chi connectivity index (χ2v) is 6.88. The Hall–Kier alpha value is -1.88. The van der Waals surface area contributed by atoms with E-state index in [9.17, 15) is 9.59 Å². The van der Waals surface area contributed by atoms with Crippen molar-refractivity contribution in [3.8, 4) is 0 Å². The molecule has 5 heteroatoms. The molecule has 1 saturated heterocycles. The Morgan fingerprint density at radius 2 is 1.79 bits per heavy atom. The standard InChI is InChI=1S/C19H29N3O2/c1-14(2)21(15(3)4)13-11-20-19(24)16-7-9-17(10-8-16)22-12-5-6-18(22)23/h7-10,14-15H,5-6,11-13H2,1-4H3,(H,20,24). The molecule has 0 unspecified atom stereocenters. The van der Waals surface area contributed by atoms with Gasteiger partial charge in [0.2, 0.25) is 5.91 Å². The summed E-state index contributed by atoms with van der Waals surface area (Å²) in [4.78, 5) is 28.1. The first-order chi connectivity index (χ1) is 11.4. The van der Waals surface area contributed by atoms with E-state index in [4.69, 9.17) is 0 Å². The summed E-state index contributed by atoms with van der Waals surface area (Å²) < 4.78 is 0. The molecule has 1 N–H and O–H groups in total. The van der Waals surface area contributed by atoms with E-state index in [1.807, 2.05) is 12.1 Å². The molecule has 24 heavy (non-hydrogen) atoms. The van der Waals surface area contributed by atoms with E-state index in [1.165, 1.54) is 0 Å². The number of hydrogen-bond acceptors (Lipinski definition) is 3. The summed E-state index contributed by atoms with van der Waals surface area (Å²) in [6.07, 6.45) is 1.52. The van der Waals surface area contributed by atoms with Crippen LogP contribution in [-0.2, 0) is 4.79 Å². The van der Waals surface area contributed by atoms with Crippen molar-refractivity contribution in [2.45, 2.75) is 52.6 Å². The molecular formula is C19H29N3O2. The van der Waals surface area contributed by atoms with Crippen molar-refractivity contribution < 1.29 is 9.59 Å². The van der Waals surface area contributed by atoms with Crippen LogP contribution in [0.2, 0.25) is 0 Å². The minimum absolute atomic E-state index is 0.0678. The first-order valence-electron chi connectivity index (χ1n) is 8.84. The van der Waals surface area contributed by atoms with Gasteiger partial charge in [-0.2, -0.15) is 0 Å². The van der Waals surface area contributed by atoms with Crippen LogP contribution in [0.1, 0.15) is 50.9 Å². The van der Waals surface area contributed by atoms with Crippen LogP contribution in [0.25, 0.3) is 0 Å². The number of nitrogens with one attached hydrogen (secondary N) is 1. The summed E-state index contributed by atoms with van der Waals surface area (Å²) in [6, 6.07) is 8.20. The lowest BCUT2D eigenvalue weighted by atomic mass is 10.2. The highest BCUT2D eigenvalue weighted by Gasteiger charge is 2.21. The SMILES string of the molecule is CC(C)N(CCNC(=O)c1ccc(N2CCCC2=O)cc1)C(C)C. The van der Waals surface area contributed by atoms with Gasteiger partial charge < -0.3 is 10.2 Å². The van der Waals surface area contributed by atoms with Crippen molar-refractivity contribution in [2.75, 3.05) is 24.5 Å². The quantitative estimate of drug-likeness (QED) is 0.836. The smallest absolute Gasteiger partial charge is 0.251 e. The fourth-order valence-corrected chi connectivity index (χ4v) is 3.23. The Morgan fingerprint density at radius 1 is 1.17 bits per heavy atom. The molecule has 1 aliphatic heterocycles.